The maximum atomic E-state index is 9.05. The number of aliphatic hydroxyl groups is 1. The van der Waals surface area contributed by atoms with Crippen molar-refractivity contribution < 1.29 is 5.11 Å². The summed E-state index contributed by atoms with van der Waals surface area (Å²) in [6, 6.07) is 5.99. The van der Waals surface area contributed by atoms with Crippen molar-refractivity contribution in [2.24, 2.45) is 0 Å². The first kappa shape index (κ1) is 11.5. The number of aliphatic hydroxyl groups excluding tert-OH is 1. The molecular weight excluding hydrogens is 198 g/mol. The van der Waals surface area contributed by atoms with Crippen LogP contribution in [0.25, 0.3) is 0 Å². The first-order valence-corrected chi connectivity index (χ1v) is 5.11. The van der Waals surface area contributed by atoms with Gasteiger partial charge in [-0.1, -0.05) is 23.7 Å². The Balaban J connectivity index is 2.51. The lowest BCUT2D eigenvalue weighted by Gasteiger charge is -2.08. The standard InChI is InChI=1S/C11H16ClNO/c1-8-3-4-10(11(12)5-8)7-13-6-9(2)14/h3-5,9,13-14H,6-7H2,1-2H3. The molecule has 0 radical (unpaired) electrons. The van der Waals surface area contributed by atoms with Crippen LogP contribution in [-0.2, 0) is 6.54 Å². The predicted octanol–water partition coefficient (Wildman–Crippen LogP) is 2.12. The zero-order chi connectivity index (χ0) is 10.6. The van der Waals surface area contributed by atoms with E-state index in [0.29, 0.717) is 13.1 Å². The summed E-state index contributed by atoms with van der Waals surface area (Å²) in [6.07, 6.45) is -0.320. The third-order valence-corrected chi connectivity index (χ3v) is 2.32. The van der Waals surface area contributed by atoms with Crippen molar-refractivity contribution in [2.45, 2.75) is 26.5 Å². The van der Waals surface area contributed by atoms with Gasteiger partial charge in [0.25, 0.3) is 0 Å². The lowest BCUT2D eigenvalue weighted by Crippen LogP contribution is -2.23. The Bertz CT molecular complexity index is 299. The summed E-state index contributed by atoms with van der Waals surface area (Å²) in [7, 11) is 0. The minimum absolute atomic E-state index is 0.320. The second kappa shape index (κ2) is 5.35. The van der Waals surface area contributed by atoms with Crippen LogP contribution in [0, 0.1) is 6.92 Å². The van der Waals surface area contributed by atoms with E-state index in [9.17, 15) is 0 Å². The fraction of sp³-hybridized carbons (Fsp3) is 0.455. The molecule has 0 aliphatic heterocycles. The fourth-order valence-corrected chi connectivity index (χ4v) is 1.51. The monoisotopic (exact) mass is 213 g/mol. The Morgan fingerprint density at radius 1 is 1.50 bits per heavy atom. The van der Waals surface area contributed by atoms with E-state index in [-0.39, 0.29) is 6.10 Å². The highest BCUT2D eigenvalue weighted by Gasteiger charge is 2.00. The van der Waals surface area contributed by atoms with E-state index >= 15 is 0 Å². The van der Waals surface area contributed by atoms with Crippen molar-refractivity contribution >= 4 is 11.6 Å². The number of halogens is 1. The maximum Gasteiger partial charge on any atom is 0.0636 e. The minimum atomic E-state index is -0.320. The largest absolute Gasteiger partial charge is 0.392 e. The predicted molar refractivity (Wildman–Crippen MR) is 59.6 cm³/mol. The summed E-state index contributed by atoms with van der Waals surface area (Å²) in [5, 5.41) is 13.0. The van der Waals surface area contributed by atoms with Crippen LogP contribution in [0.1, 0.15) is 18.1 Å². The molecule has 1 aromatic carbocycles. The van der Waals surface area contributed by atoms with Crippen LogP contribution < -0.4 is 5.32 Å². The smallest absolute Gasteiger partial charge is 0.0636 e. The molecule has 0 spiro atoms. The van der Waals surface area contributed by atoms with E-state index < -0.39 is 0 Å². The molecule has 0 bridgehead atoms. The van der Waals surface area contributed by atoms with Gasteiger partial charge in [-0.3, -0.25) is 0 Å². The van der Waals surface area contributed by atoms with Gasteiger partial charge in [0.05, 0.1) is 6.10 Å². The number of rotatable bonds is 4. The number of aryl methyl sites for hydroxylation is 1. The highest BCUT2D eigenvalue weighted by molar-refractivity contribution is 6.31. The molecule has 2 nitrogen and oxygen atoms in total. The van der Waals surface area contributed by atoms with Crippen molar-refractivity contribution in [3.8, 4) is 0 Å². The number of hydrogen-bond donors (Lipinski definition) is 2. The molecule has 1 unspecified atom stereocenters. The second-order valence-corrected chi connectivity index (χ2v) is 3.98. The Morgan fingerprint density at radius 2 is 2.21 bits per heavy atom. The Kier molecular flexibility index (Phi) is 4.39. The van der Waals surface area contributed by atoms with E-state index in [1.165, 1.54) is 0 Å². The van der Waals surface area contributed by atoms with Crippen LogP contribution in [0.5, 0.6) is 0 Å². The molecule has 0 amide bonds. The summed E-state index contributed by atoms with van der Waals surface area (Å²) in [5.74, 6) is 0. The highest BCUT2D eigenvalue weighted by atomic mass is 35.5. The molecule has 14 heavy (non-hydrogen) atoms. The Hall–Kier alpha value is -0.570. The number of hydrogen-bond acceptors (Lipinski definition) is 2. The zero-order valence-corrected chi connectivity index (χ0v) is 9.30. The van der Waals surface area contributed by atoms with Gasteiger partial charge in [-0.2, -0.15) is 0 Å². The quantitative estimate of drug-likeness (QED) is 0.803. The molecule has 0 aliphatic carbocycles. The third-order valence-electron chi connectivity index (χ3n) is 1.96. The molecule has 3 heteroatoms. The molecule has 0 saturated heterocycles. The number of benzene rings is 1. The van der Waals surface area contributed by atoms with E-state index in [2.05, 4.69) is 5.32 Å². The van der Waals surface area contributed by atoms with Gasteiger partial charge in [0.1, 0.15) is 0 Å². The van der Waals surface area contributed by atoms with Gasteiger partial charge in [-0.05, 0) is 31.0 Å². The lowest BCUT2D eigenvalue weighted by molar-refractivity contribution is 0.191. The highest BCUT2D eigenvalue weighted by Crippen LogP contribution is 2.17. The molecular formula is C11H16ClNO. The minimum Gasteiger partial charge on any atom is -0.392 e. The van der Waals surface area contributed by atoms with E-state index in [1.54, 1.807) is 6.92 Å². The van der Waals surface area contributed by atoms with Gasteiger partial charge >= 0.3 is 0 Å². The van der Waals surface area contributed by atoms with Crippen LogP contribution >= 0.6 is 11.6 Å². The first-order chi connectivity index (χ1) is 6.59. The van der Waals surface area contributed by atoms with Gasteiger partial charge in [0.2, 0.25) is 0 Å². The second-order valence-electron chi connectivity index (χ2n) is 3.57. The molecule has 0 aliphatic rings. The normalized spacial score (nSPS) is 12.9. The molecule has 0 aromatic heterocycles. The Morgan fingerprint density at radius 3 is 2.79 bits per heavy atom. The molecule has 1 aromatic rings. The summed E-state index contributed by atoms with van der Waals surface area (Å²) in [5.41, 5.74) is 2.23. The van der Waals surface area contributed by atoms with Gasteiger partial charge in [0.15, 0.2) is 0 Å². The molecule has 78 valence electrons. The third kappa shape index (κ3) is 3.66. The summed E-state index contributed by atoms with van der Waals surface area (Å²) in [4.78, 5) is 0. The molecule has 0 fully saturated rings. The van der Waals surface area contributed by atoms with Crippen LogP contribution in [0.4, 0.5) is 0 Å². The van der Waals surface area contributed by atoms with Gasteiger partial charge in [-0.25, -0.2) is 0 Å². The molecule has 0 heterocycles. The van der Waals surface area contributed by atoms with Crippen LogP contribution in [0.3, 0.4) is 0 Å². The summed E-state index contributed by atoms with van der Waals surface area (Å²) < 4.78 is 0. The van der Waals surface area contributed by atoms with Gasteiger partial charge in [0, 0.05) is 18.1 Å². The Labute approximate surface area is 89.9 Å². The van der Waals surface area contributed by atoms with Crippen molar-refractivity contribution in [1.82, 2.24) is 5.32 Å². The fourth-order valence-electron chi connectivity index (χ4n) is 1.21. The topological polar surface area (TPSA) is 32.3 Å². The summed E-state index contributed by atoms with van der Waals surface area (Å²) >= 11 is 6.04. The van der Waals surface area contributed by atoms with E-state index in [1.807, 2.05) is 25.1 Å². The van der Waals surface area contributed by atoms with E-state index in [4.69, 9.17) is 16.7 Å². The van der Waals surface area contributed by atoms with E-state index in [0.717, 1.165) is 16.1 Å². The number of nitrogens with one attached hydrogen (secondary N) is 1. The van der Waals surface area contributed by atoms with Crippen molar-refractivity contribution in [3.05, 3.63) is 34.3 Å². The van der Waals surface area contributed by atoms with Crippen LogP contribution in [-0.4, -0.2) is 17.8 Å². The zero-order valence-electron chi connectivity index (χ0n) is 8.55. The maximum absolute atomic E-state index is 9.05. The van der Waals surface area contributed by atoms with Crippen molar-refractivity contribution in [3.63, 3.8) is 0 Å². The van der Waals surface area contributed by atoms with Crippen LogP contribution in [0.15, 0.2) is 18.2 Å². The van der Waals surface area contributed by atoms with Crippen molar-refractivity contribution in [1.29, 1.82) is 0 Å². The van der Waals surface area contributed by atoms with Crippen molar-refractivity contribution in [2.75, 3.05) is 6.54 Å². The summed E-state index contributed by atoms with van der Waals surface area (Å²) in [6.45, 7) is 5.05. The SMILES string of the molecule is Cc1ccc(CNCC(C)O)c(Cl)c1. The average Bonchev–Trinajstić information content (AvgIpc) is 2.08. The average molecular weight is 214 g/mol. The molecule has 2 N–H and O–H groups in total. The molecule has 0 saturated carbocycles. The first-order valence-electron chi connectivity index (χ1n) is 4.73. The lowest BCUT2D eigenvalue weighted by atomic mass is 10.1. The van der Waals surface area contributed by atoms with Gasteiger partial charge < -0.3 is 10.4 Å². The van der Waals surface area contributed by atoms with Gasteiger partial charge in [-0.15, -0.1) is 0 Å². The molecule has 1 atom stereocenters. The van der Waals surface area contributed by atoms with Crippen LogP contribution in [0.2, 0.25) is 5.02 Å². The molecule has 1 rings (SSSR count).